The van der Waals surface area contributed by atoms with E-state index in [2.05, 4.69) is 20.9 Å². The standard InChI is InChI=1S/C25H41N7O6/c1-4-14(2)20(23(36)31-18(24(37)38)13-16-9-6-5-7-10-16)32-21(34)17(11-8-12-29-25(27)28)30-22(35)19(26)15(3)33/h5-7,9-10,14-15,17-20,33H,4,8,11-13,26H2,1-3H3,(H,30,35)(H,31,36)(H,32,34)(H,37,38)(H4,27,28,29). The highest BCUT2D eigenvalue weighted by molar-refractivity contribution is 5.94. The topological polar surface area (TPSA) is 235 Å². The maximum absolute atomic E-state index is 13.2. The molecule has 0 aromatic heterocycles. The van der Waals surface area contributed by atoms with Gasteiger partial charge in [-0.2, -0.15) is 0 Å². The highest BCUT2D eigenvalue weighted by Gasteiger charge is 2.33. The van der Waals surface area contributed by atoms with Crippen LogP contribution < -0.4 is 33.2 Å². The third kappa shape index (κ3) is 11.1. The fourth-order valence-corrected chi connectivity index (χ4v) is 3.53. The number of carboxylic acids is 1. The number of aliphatic hydroxyl groups is 1. The lowest BCUT2D eigenvalue weighted by Gasteiger charge is -2.28. The number of benzene rings is 1. The molecule has 6 unspecified atom stereocenters. The first-order valence-electron chi connectivity index (χ1n) is 12.5. The van der Waals surface area contributed by atoms with E-state index in [4.69, 9.17) is 17.2 Å². The molecule has 0 spiro atoms. The lowest BCUT2D eigenvalue weighted by atomic mass is 9.96. The molecule has 0 saturated carbocycles. The molecule has 13 nitrogen and oxygen atoms in total. The molecule has 0 heterocycles. The molecule has 0 radical (unpaired) electrons. The number of aliphatic imine (C=N–C) groups is 1. The van der Waals surface area contributed by atoms with Gasteiger partial charge in [-0.3, -0.25) is 19.4 Å². The third-order valence-corrected chi connectivity index (χ3v) is 6.09. The molecule has 0 aliphatic carbocycles. The second-order valence-electron chi connectivity index (χ2n) is 9.24. The first-order chi connectivity index (χ1) is 17.9. The smallest absolute Gasteiger partial charge is 0.326 e. The van der Waals surface area contributed by atoms with Crippen LogP contribution in [0.1, 0.15) is 45.6 Å². The van der Waals surface area contributed by atoms with E-state index in [0.29, 0.717) is 12.8 Å². The van der Waals surface area contributed by atoms with Gasteiger partial charge < -0.3 is 43.4 Å². The van der Waals surface area contributed by atoms with Crippen LogP contribution in [0.15, 0.2) is 35.3 Å². The Hall–Kier alpha value is -3.71. The van der Waals surface area contributed by atoms with Gasteiger partial charge in [0.2, 0.25) is 17.7 Å². The van der Waals surface area contributed by atoms with E-state index in [0.717, 1.165) is 5.56 Å². The molecule has 11 N–H and O–H groups in total. The van der Waals surface area contributed by atoms with Gasteiger partial charge in [0.05, 0.1) is 6.10 Å². The van der Waals surface area contributed by atoms with Gasteiger partial charge in [-0.15, -0.1) is 0 Å². The summed E-state index contributed by atoms with van der Waals surface area (Å²) in [5.41, 5.74) is 17.1. The molecule has 0 saturated heterocycles. The summed E-state index contributed by atoms with van der Waals surface area (Å²) in [6.07, 6.45) is -0.163. The second kappa shape index (κ2) is 16.2. The zero-order chi connectivity index (χ0) is 28.8. The van der Waals surface area contributed by atoms with Crippen molar-refractivity contribution < 1.29 is 29.4 Å². The van der Waals surface area contributed by atoms with Gasteiger partial charge in [-0.1, -0.05) is 50.6 Å². The van der Waals surface area contributed by atoms with Crippen molar-refractivity contribution in [2.45, 2.75) is 76.7 Å². The minimum atomic E-state index is -1.27. The van der Waals surface area contributed by atoms with Crippen LogP contribution in [0.4, 0.5) is 0 Å². The van der Waals surface area contributed by atoms with Crippen LogP contribution in [0.3, 0.4) is 0 Å². The summed E-state index contributed by atoms with van der Waals surface area (Å²) in [4.78, 5) is 54.6. The second-order valence-corrected chi connectivity index (χ2v) is 9.24. The fraction of sp³-hybridized carbons (Fsp3) is 0.560. The largest absolute Gasteiger partial charge is 0.480 e. The zero-order valence-corrected chi connectivity index (χ0v) is 22.1. The van der Waals surface area contributed by atoms with E-state index in [1.807, 2.05) is 6.92 Å². The molecule has 0 aliphatic rings. The molecule has 3 amide bonds. The average Bonchev–Trinajstić information content (AvgIpc) is 2.87. The van der Waals surface area contributed by atoms with E-state index in [1.54, 1.807) is 37.3 Å². The van der Waals surface area contributed by atoms with Crippen LogP contribution >= 0.6 is 0 Å². The number of amides is 3. The number of nitrogens with zero attached hydrogens (tertiary/aromatic N) is 1. The average molecular weight is 536 g/mol. The highest BCUT2D eigenvalue weighted by atomic mass is 16.4. The molecule has 0 fully saturated rings. The number of guanidine groups is 1. The Morgan fingerprint density at radius 1 is 0.947 bits per heavy atom. The van der Waals surface area contributed by atoms with Crippen molar-refractivity contribution in [2.75, 3.05) is 6.54 Å². The fourth-order valence-electron chi connectivity index (χ4n) is 3.53. The third-order valence-electron chi connectivity index (χ3n) is 6.09. The van der Waals surface area contributed by atoms with E-state index in [-0.39, 0.29) is 31.3 Å². The van der Waals surface area contributed by atoms with Crippen molar-refractivity contribution in [3.63, 3.8) is 0 Å². The number of carbonyl (C=O) groups is 4. The Bertz CT molecular complexity index is 953. The summed E-state index contributed by atoms with van der Waals surface area (Å²) < 4.78 is 0. The molecule has 0 bridgehead atoms. The number of nitrogens with two attached hydrogens (primary N) is 3. The molecule has 212 valence electrons. The van der Waals surface area contributed by atoms with Crippen molar-refractivity contribution in [2.24, 2.45) is 28.1 Å². The Labute approximate surface area is 222 Å². The van der Waals surface area contributed by atoms with E-state index >= 15 is 0 Å². The van der Waals surface area contributed by atoms with Gasteiger partial charge in [0.15, 0.2) is 5.96 Å². The number of aliphatic carboxylic acids is 1. The van der Waals surface area contributed by atoms with Gasteiger partial charge in [0, 0.05) is 13.0 Å². The predicted molar refractivity (Wildman–Crippen MR) is 143 cm³/mol. The Balaban J connectivity index is 3.06. The number of hydrogen-bond acceptors (Lipinski definition) is 7. The number of rotatable bonds is 16. The van der Waals surface area contributed by atoms with E-state index in [1.165, 1.54) is 6.92 Å². The summed E-state index contributed by atoms with van der Waals surface area (Å²) in [5, 5.41) is 27.0. The Morgan fingerprint density at radius 3 is 2.08 bits per heavy atom. The Morgan fingerprint density at radius 2 is 1.55 bits per heavy atom. The van der Waals surface area contributed by atoms with Crippen LogP contribution in [-0.2, 0) is 25.6 Å². The molecule has 6 atom stereocenters. The van der Waals surface area contributed by atoms with Crippen molar-refractivity contribution in [3.05, 3.63) is 35.9 Å². The van der Waals surface area contributed by atoms with Crippen molar-refractivity contribution in [1.29, 1.82) is 0 Å². The molecular weight excluding hydrogens is 494 g/mol. The molecule has 0 aliphatic heterocycles. The predicted octanol–water partition coefficient (Wildman–Crippen LogP) is -1.42. The molecule has 38 heavy (non-hydrogen) atoms. The van der Waals surface area contributed by atoms with Crippen LogP contribution in [0, 0.1) is 5.92 Å². The van der Waals surface area contributed by atoms with E-state index in [9.17, 15) is 29.4 Å². The van der Waals surface area contributed by atoms with Gasteiger partial charge >= 0.3 is 5.97 Å². The van der Waals surface area contributed by atoms with E-state index < -0.39 is 54.0 Å². The first-order valence-corrected chi connectivity index (χ1v) is 12.5. The quantitative estimate of drug-likeness (QED) is 0.0703. The lowest BCUT2D eigenvalue weighted by Crippen LogP contribution is -2.59. The summed E-state index contributed by atoms with van der Waals surface area (Å²) in [7, 11) is 0. The minimum Gasteiger partial charge on any atom is -0.480 e. The molecular formula is C25H41N7O6. The maximum Gasteiger partial charge on any atom is 0.326 e. The summed E-state index contributed by atoms with van der Waals surface area (Å²) in [6, 6.07) is 4.17. The lowest BCUT2D eigenvalue weighted by molar-refractivity contribution is -0.142. The number of aliphatic hydroxyl groups excluding tert-OH is 1. The monoisotopic (exact) mass is 535 g/mol. The van der Waals surface area contributed by atoms with Gasteiger partial charge in [0.25, 0.3) is 0 Å². The number of carboxylic acid groups (broad SMARTS) is 1. The normalized spacial score (nSPS) is 15.6. The van der Waals surface area contributed by atoms with Crippen molar-refractivity contribution >= 4 is 29.7 Å². The van der Waals surface area contributed by atoms with Crippen LogP contribution in [0.5, 0.6) is 0 Å². The molecule has 1 aromatic carbocycles. The molecule has 1 rings (SSSR count). The highest BCUT2D eigenvalue weighted by Crippen LogP contribution is 2.11. The van der Waals surface area contributed by atoms with Gasteiger partial charge in [0.1, 0.15) is 24.2 Å². The Kier molecular flexibility index (Phi) is 13.8. The summed E-state index contributed by atoms with van der Waals surface area (Å²) in [6.45, 7) is 5.11. The van der Waals surface area contributed by atoms with Gasteiger partial charge in [-0.25, -0.2) is 4.79 Å². The number of carbonyl (C=O) groups excluding carboxylic acids is 3. The van der Waals surface area contributed by atoms with Crippen LogP contribution in [0.2, 0.25) is 0 Å². The first kappa shape index (κ1) is 32.3. The van der Waals surface area contributed by atoms with Crippen molar-refractivity contribution in [1.82, 2.24) is 16.0 Å². The number of nitrogens with one attached hydrogen (secondary N) is 3. The van der Waals surface area contributed by atoms with Crippen LogP contribution in [-0.4, -0.2) is 76.7 Å². The van der Waals surface area contributed by atoms with Gasteiger partial charge in [-0.05, 0) is 31.2 Å². The van der Waals surface area contributed by atoms with Crippen LogP contribution in [0.25, 0.3) is 0 Å². The summed E-state index contributed by atoms with van der Waals surface area (Å²) in [5.74, 6) is -3.78. The van der Waals surface area contributed by atoms with Crippen molar-refractivity contribution in [3.8, 4) is 0 Å². The molecule has 1 aromatic rings. The minimum absolute atomic E-state index is 0.0593. The SMILES string of the molecule is CCC(C)C(NC(=O)C(CCCN=C(N)N)NC(=O)C(N)C(C)O)C(=O)NC(Cc1ccccc1)C(=O)O. The maximum atomic E-state index is 13.2. The zero-order valence-electron chi connectivity index (χ0n) is 22.1. The number of hydrogen-bond donors (Lipinski definition) is 8. The summed E-state index contributed by atoms with van der Waals surface area (Å²) >= 11 is 0. The molecule has 13 heteroatoms.